The van der Waals surface area contributed by atoms with Crippen molar-refractivity contribution >= 4 is 58.0 Å². The predicted octanol–water partition coefficient (Wildman–Crippen LogP) is 5.74. The number of carbonyl (C=O) groups excluding carboxylic acids is 3. The molecule has 178 valence electrons. The third-order valence-electron chi connectivity index (χ3n) is 5.29. The molecular weight excluding hydrogens is 489 g/mol. The van der Waals surface area contributed by atoms with Gasteiger partial charge in [0.1, 0.15) is 16.5 Å². The molecule has 0 unspecified atom stereocenters. The van der Waals surface area contributed by atoms with Crippen LogP contribution < -0.4 is 20.3 Å². The maximum Gasteiger partial charge on any atom is 0.283 e. The number of aryl methyl sites for hydroxylation is 1. The van der Waals surface area contributed by atoms with E-state index in [-0.39, 0.29) is 16.6 Å². The van der Waals surface area contributed by atoms with Crippen molar-refractivity contribution in [2.24, 2.45) is 0 Å². The van der Waals surface area contributed by atoms with Gasteiger partial charge in [-0.2, -0.15) is 0 Å². The number of benzene rings is 3. The van der Waals surface area contributed by atoms with E-state index >= 15 is 0 Å². The molecule has 4 rings (SSSR count). The van der Waals surface area contributed by atoms with Crippen LogP contribution in [0, 0.1) is 6.92 Å². The van der Waals surface area contributed by atoms with Gasteiger partial charge in [0, 0.05) is 16.3 Å². The molecule has 1 heterocycles. The summed E-state index contributed by atoms with van der Waals surface area (Å²) < 4.78 is 5.54. The summed E-state index contributed by atoms with van der Waals surface area (Å²) >= 11 is 12.3. The van der Waals surface area contributed by atoms with E-state index in [9.17, 15) is 14.4 Å². The topological polar surface area (TPSA) is 87.7 Å². The minimum absolute atomic E-state index is 0.0566. The van der Waals surface area contributed by atoms with Crippen LogP contribution in [0.2, 0.25) is 5.02 Å². The number of carbonyl (C=O) groups is 3. The van der Waals surface area contributed by atoms with Gasteiger partial charge in [0.05, 0.1) is 18.0 Å². The summed E-state index contributed by atoms with van der Waals surface area (Å²) in [7, 11) is 0. The van der Waals surface area contributed by atoms with Gasteiger partial charge in [-0.05, 0) is 67.9 Å². The van der Waals surface area contributed by atoms with E-state index in [4.69, 9.17) is 27.9 Å². The molecule has 1 aliphatic rings. The molecule has 0 spiro atoms. The number of rotatable bonds is 7. The van der Waals surface area contributed by atoms with Gasteiger partial charge < -0.3 is 15.4 Å². The summed E-state index contributed by atoms with van der Waals surface area (Å²) in [5, 5.41) is 5.88. The Bertz CT molecular complexity index is 1350. The molecule has 0 saturated heterocycles. The largest absolute Gasteiger partial charge is 0.492 e. The molecule has 0 bridgehead atoms. The fourth-order valence-corrected chi connectivity index (χ4v) is 3.93. The van der Waals surface area contributed by atoms with Crippen molar-refractivity contribution in [1.82, 2.24) is 0 Å². The number of nitrogens with zero attached hydrogens (tertiary/aromatic N) is 1. The van der Waals surface area contributed by atoms with Crippen LogP contribution in [0.25, 0.3) is 0 Å². The number of imide groups is 1. The van der Waals surface area contributed by atoms with Crippen LogP contribution in [0.3, 0.4) is 0 Å². The van der Waals surface area contributed by atoms with Crippen molar-refractivity contribution in [1.29, 1.82) is 0 Å². The fourth-order valence-electron chi connectivity index (χ4n) is 3.55. The number of nitrogens with one attached hydrogen (secondary N) is 2. The molecule has 7 nitrogen and oxygen atoms in total. The van der Waals surface area contributed by atoms with Gasteiger partial charge >= 0.3 is 0 Å². The van der Waals surface area contributed by atoms with Crippen molar-refractivity contribution < 1.29 is 19.1 Å². The first-order chi connectivity index (χ1) is 16.8. The number of halogens is 2. The highest BCUT2D eigenvalue weighted by Crippen LogP contribution is 2.33. The van der Waals surface area contributed by atoms with Crippen LogP contribution in [0.15, 0.2) is 77.5 Å². The van der Waals surface area contributed by atoms with Crippen molar-refractivity contribution in [2.75, 3.05) is 22.1 Å². The van der Waals surface area contributed by atoms with Crippen molar-refractivity contribution in [2.45, 2.75) is 13.8 Å². The summed E-state index contributed by atoms with van der Waals surface area (Å²) in [5.74, 6) is -0.990. The van der Waals surface area contributed by atoms with E-state index in [0.717, 1.165) is 4.90 Å². The molecule has 0 atom stereocenters. The van der Waals surface area contributed by atoms with Gasteiger partial charge in [0.2, 0.25) is 0 Å². The summed E-state index contributed by atoms with van der Waals surface area (Å²) in [6.45, 7) is 4.10. The Kier molecular flexibility index (Phi) is 7.10. The third-order valence-corrected chi connectivity index (χ3v) is 5.88. The van der Waals surface area contributed by atoms with Crippen LogP contribution in [0.1, 0.15) is 22.8 Å². The monoisotopic (exact) mass is 509 g/mol. The first-order valence-electron chi connectivity index (χ1n) is 10.7. The van der Waals surface area contributed by atoms with Gasteiger partial charge in [-0.15, -0.1) is 0 Å². The molecule has 3 aromatic carbocycles. The summed E-state index contributed by atoms with van der Waals surface area (Å²) in [5.41, 5.74) is 2.44. The molecule has 9 heteroatoms. The van der Waals surface area contributed by atoms with E-state index in [1.807, 2.05) is 13.0 Å². The molecular formula is C26H21Cl2N3O4. The van der Waals surface area contributed by atoms with E-state index < -0.39 is 11.8 Å². The molecule has 2 N–H and O–H groups in total. The zero-order chi connectivity index (χ0) is 25.1. The molecule has 0 saturated carbocycles. The standard InChI is InChI=1S/C26H21Cl2N3O4/c1-3-35-21-7-5-4-6-19(21)30-24(32)16-9-12-18(13-10-16)29-23-22(28)25(33)31(26(23)34)20-14-17(27)11-8-15(20)2/h4-14,29H,3H2,1-2H3,(H,30,32). The second kappa shape index (κ2) is 10.2. The Morgan fingerprint density at radius 2 is 1.69 bits per heavy atom. The van der Waals surface area contributed by atoms with E-state index in [1.165, 1.54) is 6.07 Å². The zero-order valence-electron chi connectivity index (χ0n) is 18.9. The second-order valence-corrected chi connectivity index (χ2v) is 8.47. The van der Waals surface area contributed by atoms with Gasteiger partial charge in [0.15, 0.2) is 0 Å². The van der Waals surface area contributed by atoms with Crippen LogP contribution in [-0.2, 0) is 9.59 Å². The summed E-state index contributed by atoms with van der Waals surface area (Å²) in [4.78, 5) is 39.5. The Labute approximate surface area is 212 Å². The molecule has 3 aromatic rings. The van der Waals surface area contributed by atoms with Crippen molar-refractivity contribution in [3.05, 3.63) is 93.6 Å². The van der Waals surface area contributed by atoms with E-state index in [1.54, 1.807) is 61.5 Å². The number of ether oxygens (including phenoxy) is 1. The lowest BCUT2D eigenvalue weighted by Gasteiger charge is -2.18. The Morgan fingerprint density at radius 1 is 0.971 bits per heavy atom. The maximum atomic E-state index is 13.0. The van der Waals surface area contributed by atoms with E-state index in [2.05, 4.69) is 10.6 Å². The molecule has 1 aliphatic heterocycles. The first kappa shape index (κ1) is 24.3. The highest BCUT2D eigenvalue weighted by molar-refractivity contribution is 6.53. The lowest BCUT2D eigenvalue weighted by atomic mass is 10.1. The minimum atomic E-state index is -0.645. The Balaban J connectivity index is 1.50. The zero-order valence-corrected chi connectivity index (χ0v) is 20.4. The van der Waals surface area contributed by atoms with Crippen molar-refractivity contribution in [3.63, 3.8) is 0 Å². The Morgan fingerprint density at radius 3 is 2.40 bits per heavy atom. The van der Waals surface area contributed by atoms with E-state index in [0.29, 0.717) is 45.6 Å². The number of para-hydroxylation sites is 2. The van der Waals surface area contributed by atoms with Crippen LogP contribution in [-0.4, -0.2) is 24.3 Å². The average Bonchev–Trinajstić information content (AvgIpc) is 3.05. The number of anilines is 3. The van der Waals surface area contributed by atoms with Crippen LogP contribution >= 0.6 is 23.2 Å². The van der Waals surface area contributed by atoms with Gasteiger partial charge in [-0.3, -0.25) is 14.4 Å². The lowest BCUT2D eigenvalue weighted by Crippen LogP contribution is -2.32. The van der Waals surface area contributed by atoms with Gasteiger partial charge in [-0.1, -0.05) is 41.4 Å². The van der Waals surface area contributed by atoms with Crippen molar-refractivity contribution in [3.8, 4) is 5.75 Å². The maximum absolute atomic E-state index is 13.0. The lowest BCUT2D eigenvalue weighted by molar-refractivity contribution is -0.120. The minimum Gasteiger partial charge on any atom is -0.492 e. The molecule has 3 amide bonds. The SMILES string of the molecule is CCOc1ccccc1NC(=O)c1ccc(NC2=C(Cl)C(=O)N(c3cc(Cl)ccc3C)C2=O)cc1. The smallest absolute Gasteiger partial charge is 0.283 e. The second-order valence-electron chi connectivity index (χ2n) is 7.65. The summed E-state index contributed by atoms with van der Waals surface area (Å²) in [6.07, 6.45) is 0. The van der Waals surface area contributed by atoms with Crippen LogP contribution in [0.4, 0.5) is 17.1 Å². The highest BCUT2D eigenvalue weighted by Gasteiger charge is 2.39. The third kappa shape index (κ3) is 5.01. The van der Waals surface area contributed by atoms with Gasteiger partial charge in [0.25, 0.3) is 17.7 Å². The predicted molar refractivity (Wildman–Crippen MR) is 137 cm³/mol. The average molecular weight is 510 g/mol. The quantitative estimate of drug-likeness (QED) is 0.396. The number of hydrogen-bond donors (Lipinski definition) is 2. The van der Waals surface area contributed by atoms with Gasteiger partial charge in [-0.25, -0.2) is 4.90 Å². The molecule has 0 aliphatic carbocycles. The molecule has 0 fully saturated rings. The molecule has 0 aromatic heterocycles. The molecule has 0 radical (unpaired) electrons. The summed E-state index contributed by atoms with van der Waals surface area (Å²) in [6, 6.07) is 18.5. The molecule has 35 heavy (non-hydrogen) atoms. The van der Waals surface area contributed by atoms with Crippen LogP contribution in [0.5, 0.6) is 5.75 Å². The number of hydrogen-bond acceptors (Lipinski definition) is 5. The highest BCUT2D eigenvalue weighted by atomic mass is 35.5. The Hall–Kier alpha value is -3.81. The first-order valence-corrected chi connectivity index (χ1v) is 11.5. The normalized spacial score (nSPS) is 13.3. The fraction of sp³-hybridized carbons (Fsp3) is 0.115. The number of amides is 3.